The monoisotopic (exact) mass is 336 g/mol. The van der Waals surface area contributed by atoms with Crippen molar-refractivity contribution >= 4 is 41.5 Å². The zero-order valence-electron chi connectivity index (χ0n) is 11.4. The first-order valence-electron chi connectivity index (χ1n) is 6.36. The highest BCUT2D eigenvalue weighted by molar-refractivity contribution is 6.36. The molecule has 1 saturated heterocycles. The Hall–Kier alpha value is -0.480. The highest BCUT2D eigenvalue weighted by Crippen LogP contribution is 2.30. The van der Waals surface area contributed by atoms with Crippen LogP contribution in [0.3, 0.4) is 0 Å². The summed E-state index contributed by atoms with van der Waals surface area (Å²) in [6.45, 7) is 4.19. The lowest BCUT2D eigenvalue weighted by atomic mass is 9.90. The molecule has 1 amide bonds. The number of likely N-dealkylation sites (tertiary alicyclic amines) is 1. The minimum atomic E-state index is 0. The van der Waals surface area contributed by atoms with Crippen LogP contribution in [0.15, 0.2) is 18.2 Å². The van der Waals surface area contributed by atoms with E-state index >= 15 is 0 Å². The van der Waals surface area contributed by atoms with Crippen molar-refractivity contribution in [3.8, 4) is 0 Å². The Kier molecular flexibility index (Phi) is 6.14. The van der Waals surface area contributed by atoms with Gasteiger partial charge in [0.25, 0.3) is 0 Å². The highest BCUT2D eigenvalue weighted by Gasteiger charge is 2.34. The Morgan fingerprint density at radius 2 is 2.00 bits per heavy atom. The summed E-state index contributed by atoms with van der Waals surface area (Å²) in [5.74, 6) is 0.0622. The van der Waals surface area contributed by atoms with Gasteiger partial charge in [-0.25, -0.2) is 0 Å². The van der Waals surface area contributed by atoms with Crippen LogP contribution in [-0.2, 0) is 11.2 Å². The number of benzene rings is 1. The lowest BCUT2D eigenvalue weighted by Gasteiger charge is -2.22. The lowest BCUT2D eigenvalue weighted by molar-refractivity contribution is -0.129. The Balaban J connectivity index is 0.00000200. The van der Waals surface area contributed by atoms with E-state index in [0.717, 1.165) is 13.0 Å². The summed E-state index contributed by atoms with van der Waals surface area (Å²) in [7, 11) is 0. The molecule has 1 aromatic rings. The van der Waals surface area contributed by atoms with Gasteiger partial charge in [-0.05, 0) is 36.1 Å². The second-order valence-corrected chi connectivity index (χ2v) is 6.27. The van der Waals surface area contributed by atoms with E-state index < -0.39 is 0 Å². The summed E-state index contributed by atoms with van der Waals surface area (Å²) in [5.41, 5.74) is 6.50. The summed E-state index contributed by atoms with van der Waals surface area (Å²) in [6.07, 6.45) is 1.20. The van der Waals surface area contributed by atoms with Gasteiger partial charge >= 0.3 is 0 Å². The summed E-state index contributed by atoms with van der Waals surface area (Å²) < 4.78 is 0. The first-order chi connectivity index (χ1) is 8.95. The number of nitrogens with two attached hydrogens (primary N) is 1. The number of hydrogen-bond donors (Lipinski definition) is 1. The third-order valence-electron chi connectivity index (χ3n) is 3.79. The Bertz CT molecular complexity index is 475. The molecule has 0 spiro atoms. The zero-order chi connectivity index (χ0) is 14.0. The summed E-state index contributed by atoms with van der Waals surface area (Å²) in [6, 6.07) is 5.29. The maximum absolute atomic E-state index is 12.3. The van der Waals surface area contributed by atoms with Gasteiger partial charge in [0.2, 0.25) is 5.91 Å². The molecule has 112 valence electrons. The molecule has 1 aliphatic rings. The number of halogens is 3. The van der Waals surface area contributed by atoms with Crippen molar-refractivity contribution in [1.82, 2.24) is 4.90 Å². The predicted molar refractivity (Wildman–Crippen MR) is 85.8 cm³/mol. The molecule has 1 atom stereocenters. The Labute approximate surface area is 135 Å². The molecule has 1 heterocycles. The van der Waals surface area contributed by atoms with Gasteiger partial charge in [0.1, 0.15) is 0 Å². The van der Waals surface area contributed by atoms with Crippen molar-refractivity contribution in [2.75, 3.05) is 19.6 Å². The van der Waals surface area contributed by atoms with E-state index in [1.54, 1.807) is 18.2 Å². The quantitative estimate of drug-likeness (QED) is 0.921. The molecule has 20 heavy (non-hydrogen) atoms. The first kappa shape index (κ1) is 17.6. The van der Waals surface area contributed by atoms with Crippen LogP contribution in [-0.4, -0.2) is 30.4 Å². The van der Waals surface area contributed by atoms with E-state index in [2.05, 4.69) is 6.92 Å². The van der Waals surface area contributed by atoms with Crippen molar-refractivity contribution in [1.29, 1.82) is 0 Å². The largest absolute Gasteiger partial charge is 0.342 e. The maximum atomic E-state index is 12.3. The minimum Gasteiger partial charge on any atom is -0.342 e. The van der Waals surface area contributed by atoms with E-state index in [1.807, 2.05) is 4.90 Å². The molecule has 0 radical (unpaired) electrons. The van der Waals surface area contributed by atoms with Crippen LogP contribution >= 0.6 is 35.6 Å². The van der Waals surface area contributed by atoms with E-state index in [1.165, 1.54) is 0 Å². The third kappa shape index (κ3) is 3.79. The SMILES string of the molecule is CC1(CN)CCN(C(=O)Cc2c(Cl)cccc2Cl)C1.Cl. The topological polar surface area (TPSA) is 46.3 Å². The van der Waals surface area contributed by atoms with E-state index in [-0.39, 0.29) is 30.2 Å². The van der Waals surface area contributed by atoms with Crippen LogP contribution < -0.4 is 5.73 Å². The molecule has 0 aliphatic carbocycles. The van der Waals surface area contributed by atoms with Crippen LogP contribution in [0, 0.1) is 5.41 Å². The molecule has 2 N–H and O–H groups in total. The van der Waals surface area contributed by atoms with Crippen molar-refractivity contribution in [2.24, 2.45) is 11.1 Å². The number of amides is 1. The van der Waals surface area contributed by atoms with Crippen molar-refractivity contribution in [3.05, 3.63) is 33.8 Å². The standard InChI is InChI=1S/C14H18Cl2N2O.ClH/c1-14(8-17)5-6-18(9-14)13(19)7-10-11(15)3-2-4-12(10)16;/h2-4H,5-9,17H2,1H3;1H. The minimum absolute atomic E-state index is 0. The summed E-state index contributed by atoms with van der Waals surface area (Å²) >= 11 is 12.2. The van der Waals surface area contributed by atoms with Crippen LogP contribution in [0.5, 0.6) is 0 Å². The van der Waals surface area contributed by atoms with Gasteiger partial charge in [-0.1, -0.05) is 36.2 Å². The number of hydrogen-bond acceptors (Lipinski definition) is 2. The second-order valence-electron chi connectivity index (χ2n) is 5.46. The Morgan fingerprint density at radius 1 is 1.40 bits per heavy atom. The average molecular weight is 338 g/mol. The first-order valence-corrected chi connectivity index (χ1v) is 7.11. The van der Waals surface area contributed by atoms with Gasteiger partial charge in [-0.15, -0.1) is 12.4 Å². The molecule has 1 aliphatic heterocycles. The predicted octanol–water partition coefficient (Wildman–Crippen LogP) is 3.16. The molecule has 1 fully saturated rings. The van der Waals surface area contributed by atoms with E-state index in [9.17, 15) is 4.79 Å². The molecular formula is C14H19Cl3N2O. The van der Waals surface area contributed by atoms with Crippen molar-refractivity contribution < 1.29 is 4.79 Å². The van der Waals surface area contributed by atoms with Crippen LogP contribution in [0.1, 0.15) is 18.9 Å². The Morgan fingerprint density at radius 3 is 2.50 bits per heavy atom. The molecule has 1 aromatic carbocycles. The number of carbonyl (C=O) groups is 1. The molecule has 0 saturated carbocycles. The van der Waals surface area contributed by atoms with Crippen molar-refractivity contribution in [3.63, 3.8) is 0 Å². The molecule has 0 bridgehead atoms. The molecule has 6 heteroatoms. The van der Waals surface area contributed by atoms with Gasteiger partial charge in [-0.2, -0.15) is 0 Å². The fourth-order valence-electron chi connectivity index (χ4n) is 2.37. The average Bonchev–Trinajstić information content (AvgIpc) is 2.77. The smallest absolute Gasteiger partial charge is 0.227 e. The van der Waals surface area contributed by atoms with Crippen LogP contribution in [0.25, 0.3) is 0 Å². The molecule has 3 nitrogen and oxygen atoms in total. The fourth-order valence-corrected chi connectivity index (χ4v) is 2.90. The van der Waals surface area contributed by atoms with Gasteiger partial charge in [0.15, 0.2) is 0 Å². The van der Waals surface area contributed by atoms with E-state index in [4.69, 9.17) is 28.9 Å². The van der Waals surface area contributed by atoms with Gasteiger partial charge < -0.3 is 10.6 Å². The fraction of sp³-hybridized carbons (Fsp3) is 0.500. The number of rotatable bonds is 3. The molecular weight excluding hydrogens is 319 g/mol. The lowest BCUT2D eigenvalue weighted by Crippen LogP contribution is -2.35. The van der Waals surface area contributed by atoms with Crippen LogP contribution in [0.4, 0.5) is 0 Å². The zero-order valence-corrected chi connectivity index (χ0v) is 13.7. The van der Waals surface area contributed by atoms with Crippen LogP contribution in [0.2, 0.25) is 10.0 Å². The van der Waals surface area contributed by atoms with Crippen molar-refractivity contribution in [2.45, 2.75) is 19.8 Å². The van der Waals surface area contributed by atoms with Gasteiger partial charge in [0, 0.05) is 23.1 Å². The van der Waals surface area contributed by atoms with Gasteiger partial charge in [-0.3, -0.25) is 4.79 Å². The summed E-state index contributed by atoms with van der Waals surface area (Å²) in [5, 5.41) is 1.09. The summed E-state index contributed by atoms with van der Waals surface area (Å²) in [4.78, 5) is 14.1. The molecule has 1 unspecified atom stereocenters. The maximum Gasteiger partial charge on any atom is 0.227 e. The normalized spacial score (nSPS) is 21.7. The third-order valence-corrected chi connectivity index (χ3v) is 4.50. The van der Waals surface area contributed by atoms with E-state index in [0.29, 0.717) is 28.7 Å². The highest BCUT2D eigenvalue weighted by atomic mass is 35.5. The molecule has 0 aromatic heterocycles. The van der Waals surface area contributed by atoms with Gasteiger partial charge in [0.05, 0.1) is 6.42 Å². The second kappa shape index (κ2) is 6.99. The number of carbonyl (C=O) groups excluding carboxylic acids is 1. The number of nitrogens with zero attached hydrogens (tertiary/aromatic N) is 1. The molecule has 2 rings (SSSR count).